The quantitative estimate of drug-likeness (QED) is 0.209. The highest BCUT2D eigenvalue weighted by molar-refractivity contribution is 6.37. The molecule has 0 amide bonds. The van der Waals surface area contributed by atoms with Gasteiger partial charge in [-0.2, -0.15) is 5.06 Å². The van der Waals surface area contributed by atoms with Crippen LogP contribution in [-0.2, 0) is 14.2 Å². The summed E-state index contributed by atoms with van der Waals surface area (Å²) in [4.78, 5) is 11.6. The number of rotatable bonds is 17. The average Bonchev–Trinajstić information content (AvgIpc) is 2.53. The van der Waals surface area contributed by atoms with E-state index in [4.69, 9.17) is 19.6 Å². The molecule has 0 aliphatic heterocycles. The summed E-state index contributed by atoms with van der Waals surface area (Å²) in [5.74, 6) is -0.515. The number of carbonyl (C=O) groups is 1. The van der Waals surface area contributed by atoms with Gasteiger partial charge < -0.3 is 19.9 Å². The van der Waals surface area contributed by atoms with E-state index in [2.05, 4.69) is 6.92 Å². The van der Waals surface area contributed by atoms with E-state index < -0.39 is 13.3 Å². The van der Waals surface area contributed by atoms with Crippen LogP contribution in [0.1, 0.15) is 71.1 Å². The molecule has 0 aromatic rings. The van der Waals surface area contributed by atoms with E-state index in [-0.39, 0.29) is 32.7 Å². The zero-order valence-corrected chi connectivity index (χ0v) is 15.0. The molecule has 0 radical (unpaired) electrons. The molecule has 0 aliphatic carbocycles. The maximum absolute atomic E-state index is 11.6. The van der Waals surface area contributed by atoms with Gasteiger partial charge in [0.1, 0.15) is 0 Å². The first-order valence-electron chi connectivity index (χ1n) is 9.15. The molecule has 3 N–H and O–H groups in total. The van der Waals surface area contributed by atoms with Crippen LogP contribution in [0.5, 0.6) is 0 Å². The summed E-state index contributed by atoms with van der Waals surface area (Å²) < 4.78 is 9.65. The molecule has 0 saturated carbocycles. The molecule has 0 aromatic heterocycles. The van der Waals surface area contributed by atoms with Gasteiger partial charge in [0.2, 0.25) is 0 Å². The van der Waals surface area contributed by atoms with E-state index in [1.807, 2.05) is 0 Å². The summed E-state index contributed by atoms with van der Waals surface area (Å²) in [6, 6.07) is 0. The van der Waals surface area contributed by atoms with Crippen LogP contribution in [0.15, 0.2) is 0 Å². The highest BCUT2D eigenvalue weighted by atomic mass is 16.8. The van der Waals surface area contributed by atoms with Gasteiger partial charge in [-0.3, -0.25) is 9.55 Å². The molecule has 0 unspecified atom stereocenters. The van der Waals surface area contributed by atoms with E-state index in [1.54, 1.807) is 0 Å². The van der Waals surface area contributed by atoms with Gasteiger partial charge in [-0.05, 0) is 6.42 Å². The maximum Gasteiger partial charge on any atom is 0.730 e. The molecule has 0 atom stereocenters. The molecule has 8 heteroatoms. The minimum atomic E-state index is -1.71. The van der Waals surface area contributed by atoms with Gasteiger partial charge in [-0.25, -0.2) is 0 Å². The minimum absolute atomic E-state index is 0.105. The molecule has 142 valence electrons. The van der Waals surface area contributed by atoms with Crippen molar-refractivity contribution in [1.29, 1.82) is 0 Å². The zero-order valence-electron chi connectivity index (χ0n) is 15.0. The van der Waals surface area contributed by atoms with E-state index >= 15 is 0 Å². The Morgan fingerprint density at radius 1 is 0.917 bits per heavy atom. The number of nitrogens with zero attached hydrogens (tertiary/aromatic N) is 1. The number of carbonyl (C=O) groups excluding carboxylic acids is 1. The normalized spacial score (nSPS) is 11.0. The Morgan fingerprint density at radius 3 is 1.92 bits per heavy atom. The molecule has 0 spiro atoms. The lowest BCUT2D eigenvalue weighted by molar-refractivity contribution is -0.147. The molecular formula is C16H34BNO6. The van der Waals surface area contributed by atoms with Crippen molar-refractivity contribution < 1.29 is 29.4 Å². The lowest BCUT2D eigenvalue weighted by Crippen LogP contribution is -2.39. The SMILES string of the molecule is CCCCCCCCCCCC(=O)OB(O)ON(CCO)CCO. The zero-order chi connectivity index (χ0) is 18.0. The van der Waals surface area contributed by atoms with Crippen molar-refractivity contribution in [2.24, 2.45) is 0 Å². The third-order valence-electron chi connectivity index (χ3n) is 3.65. The topological polar surface area (TPSA) is 99.5 Å². The molecule has 0 rings (SSSR count). The highest BCUT2D eigenvalue weighted by Gasteiger charge is 2.25. The lowest BCUT2D eigenvalue weighted by atomic mass is 10.1. The fourth-order valence-corrected chi connectivity index (χ4v) is 2.34. The average molecular weight is 347 g/mol. The Kier molecular flexibility index (Phi) is 16.7. The third-order valence-corrected chi connectivity index (χ3v) is 3.65. The van der Waals surface area contributed by atoms with Crippen LogP contribution < -0.4 is 0 Å². The summed E-state index contributed by atoms with van der Waals surface area (Å²) in [6.07, 6.45) is 10.7. The standard InChI is InChI=1S/C16H34BNO6/c1-2-3-4-5-6-7-8-9-10-11-16(21)23-17(22)24-18(12-14-19)13-15-20/h19-20,22H,2-15H2,1H3. The van der Waals surface area contributed by atoms with Gasteiger partial charge in [0.25, 0.3) is 5.97 Å². The van der Waals surface area contributed by atoms with Crippen LogP contribution in [0.2, 0.25) is 0 Å². The second kappa shape index (κ2) is 17.2. The molecule has 0 bridgehead atoms. The Morgan fingerprint density at radius 2 is 1.42 bits per heavy atom. The summed E-state index contributed by atoms with van der Waals surface area (Å²) in [5.41, 5.74) is 0. The number of hydrogen-bond acceptors (Lipinski definition) is 7. The van der Waals surface area contributed by atoms with E-state index in [0.29, 0.717) is 0 Å². The van der Waals surface area contributed by atoms with E-state index in [1.165, 1.54) is 38.5 Å². The fraction of sp³-hybridized carbons (Fsp3) is 0.938. The molecule has 0 saturated heterocycles. The van der Waals surface area contributed by atoms with Crippen LogP contribution in [0.4, 0.5) is 0 Å². The summed E-state index contributed by atoms with van der Waals surface area (Å²) in [5, 5.41) is 28.3. The largest absolute Gasteiger partial charge is 0.730 e. The van der Waals surface area contributed by atoms with Gasteiger partial charge >= 0.3 is 7.32 Å². The first-order chi connectivity index (χ1) is 11.6. The van der Waals surface area contributed by atoms with Gasteiger partial charge in [-0.1, -0.05) is 58.3 Å². The van der Waals surface area contributed by atoms with Crippen LogP contribution in [0, 0.1) is 0 Å². The van der Waals surface area contributed by atoms with Crippen molar-refractivity contribution in [3.05, 3.63) is 0 Å². The molecule has 24 heavy (non-hydrogen) atoms. The van der Waals surface area contributed by atoms with E-state index in [9.17, 15) is 9.82 Å². The lowest BCUT2D eigenvalue weighted by Gasteiger charge is -2.20. The van der Waals surface area contributed by atoms with Crippen molar-refractivity contribution in [2.75, 3.05) is 26.3 Å². The van der Waals surface area contributed by atoms with Crippen molar-refractivity contribution in [3.63, 3.8) is 0 Å². The third kappa shape index (κ3) is 14.9. The number of aliphatic hydroxyl groups excluding tert-OH is 2. The van der Waals surface area contributed by atoms with Gasteiger partial charge in [-0.15, -0.1) is 0 Å². The number of hydroxylamine groups is 2. The predicted octanol–water partition coefficient (Wildman–Crippen LogP) is 1.65. The Labute approximate surface area is 146 Å². The Hall–Kier alpha value is -0.665. The van der Waals surface area contributed by atoms with Crippen LogP contribution >= 0.6 is 0 Å². The van der Waals surface area contributed by atoms with Crippen molar-refractivity contribution >= 4 is 13.3 Å². The second-order valence-corrected chi connectivity index (χ2v) is 5.86. The monoisotopic (exact) mass is 347 g/mol. The summed E-state index contributed by atoms with van der Waals surface area (Å²) >= 11 is 0. The molecule has 0 aliphatic rings. The smallest absolute Gasteiger partial charge is 0.484 e. The van der Waals surface area contributed by atoms with Crippen LogP contribution in [-0.4, -0.2) is 59.9 Å². The fourth-order valence-electron chi connectivity index (χ4n) is 2.34. The first-order valence-corrected chi connectivity index (χ1v) is 9.15. The van der Waals surface area contributed by atoms with Gasteiger partial charge in [0, 0.05) is 19.5 Å². The molecule has 0 aromatic carbocycles. The minimum Gasteiger partial charge on any atom is -0.484 e. The number of aliphatic hydroxyl groups is 2. The van der Waals surface area contributed by atoms with Crippen molar-refractivity contribution in [2.45, 2.75) is 71.1 Å². The summed E-state index contributed by atoms with van der Waals surface area (Å²) in [7, 11) is -1.71. The number of hydrogen-bond donors (Lipinski definition) is 3. The highest BCUT2D eigenvalue weighted by Crippen LogP contribution is 2.11. The van der Waals surface area contributed by atoms with Crippen molar-refractivity contribution in [3.8, 4) is 0 Å². The second-order valence-electron chi connectivity index (χ2n) is 5.86. The molecule has 0 heterocycles. The first kappa shape index (κ1) is 23.3. The number of unbranched alkanes of at least 4 members (excludes halogenated alkanes) is 8. The van der Waals surface area contributed by atoms with E-state index in [0.717, 1.165) is 24.3 Å². The predicted molar refractivity (Wildman–Crippen MR) is 92.7 cm³/mol. The Bertz CT molecular complexity index is 290. The van der Waals surface area contributed by atoms with Crippen LogP contribution in [0.25, 0.3) is 0 Å². The molecule has 7 nitrogen and oxygen atoms in total. The van der Waals surface area contributed by atoms with Gasteiger partial charge in [0.15, 0.2) is 0 Å². The van der Waals surface area contributed by atoms with Crippen LogP contribution in [0.3, 0.4) is 0 Å². The molecule has 0 fully saturated rings. The van der Waals surface area contributed by atoms with Gasteiger partial charge in [0.05, 0.1) is 13.2 Å². The maximum atomic E-state index is 11.6. The molecular weight excluding hydrogens is 313 g/mol. The van der Waals surface area contributed by atoms with Crippen molar-refractivity contribution in [1.82, 2.24) is 5.06 Å². The summed E-state index contributed by atoms with van der Waals surface area (Å²) in [6.45, 7) is 2.02. The Balaban J connectivity index is 3.59.